The third kappa shape index (κ3) is 5.11. The molecule has 0 N–H and O–H groups in total. The molecule has 3 aromatic rings. The number of benzene rings is 3. The van der Waals surface area contributed by atoms with E-state index < -0.39 is 5.97 Å². The largest absolute Gasteiger partial charge is 0.493 e. The number of hydrogen-bond acceptors (Lipinski definition) is 5. The van der Waals surface area contributed by atoms with Crippen LogP contribution in [-0.2, 0) is 0 Å². The lowest BCUT2D eigenvalue weighted by molar-refractivity contribution is 0.0734. The first kappa shape index (κ1) is 19.9. The van der Waals surface area contributed by atoms with Crippen LogP contribution >= 0.6 is 0 Å². The van der Waals surface area contributed by atoms with E-state index in [-0.39, 0.29) is 5.78 Å². The zero-order valence-electron chi connectivity index (χ0n) is 16.1. The topological polar surface area (TPSA) is 61.8 Å². The summed E-state index contributed by atoms with van der Waals surface area (Å²) < 4.78 is 15.8. The van der Waals surface area contributed by atoms with Gasteiger partial charge in [-0.2, -0.15) is 0 Å². The van der Waals surface area contributed by atoms with E-state index in [1.165, 1.54) is 20.3 Å². The number of ether oxygens (including phenoxy) is 3. The van der Waals surface area contributed by atoms with E-state index in [2.05, 4.69) is 0 Å². The average Bonchev–Trinajstić information content (AvgIpc) is 2.77. The lowest BCUT2D eigenvalue weighted by Gasteiger charge is -2.09. The molecule has 29 heavy (non-hydrogen) atoms. The molecule has 5 heteroatoms. The number of carbonyl (C=O) groups is 2. The normalized spacial score (nSPS) is 10.6. The summed E-state index contributed by atoms with van der Waals surface area (Å²) >= 11 is 0. The van der Waals surface area contributed by atoms with Gasteiger partial charge in [-0.25, -0.2) is 4.79 Å². The standard InChI is InChI=1S/C24H20O5/c1-27-22-14-12-19(16-23(22)28-2)24(26)29-20-10-6-7-17(15-20)11-13-21(25)18-8-4-3-5-9-18/h3-16H,1-2H3/b13-11+. The fraction of sp³-hybridized carbons (Fsp3) is 0.0833. The average molecular weight is 388 g/mol. The Hall–Kier alpha value is -3.86. The molecule has 3 rings (SSSR count). The summed E-state index contributed by atoms with van der Waals surface area (Å²) in [5.41, 5.74) is 1.69. The van der Waals surface area contributed by atoms with Crippen molar-refractivity contribution in [1.82, 2.24) is 0 Å². The van der Waals surface area contributed by atoms with Crippen molar-refractivity contribution in [3.05, 3.63) is 95.6 Å². The van der Waals surface area contributed by atoms with Gasteiger partial charge in [0, 0.05) is 5.56 Å². The SMILES string of the molecule is COc1ccc(C(=O)Oc2cccc(/C=C/C(=O)c3ccccc3)c2)cc1OC. The van der Waals surface area contributed by atoms with Gasteiger partial charge in [0.1, 0.15) is 5.75 Å². The summed E-state index contributed by atoms with van der Waals surface area (Å²) in [5.74, 6) is 0.724. The van der Waals surface area contributed by atoms with Crippen LogP contribution in [0, 0.1) is 0 Å². The molecule has 0 bridgehead atoms. The van der Waals surface area contributed by atoms with Gasteiger partial charge in [0.25, 0.3) is 0 Å². The Morgan fingerprint density at radius 1 is 0.759 bits per heavy atom. The van der Waals surface area contributed by atoms with Gasteiger partial charge in [-0.1, -0.05) is 48.5 Å². The molecule has 0 saturated carbocycles. The van der Waals surface area contributed by atoms with Gasteiger partial charge in [-0.05, 0) is 42.0 Å². The van der Waals surface area contributed by atoms with Gasteiger partial charge < -0.3 is 14.2 Å². The molecule has 0 spiro atoms. The van der Waals surface area contributed by atoms with E-state index in [0.29, 0.717) is 28.4 Å². The zero-order chi connectivity index (χ0) is 20.6. The molecule has 0 aliphatic heterocycles. The highest BCUT2D eigenvalue weighted by Gasteiger charge is 2.13. The molecule has 0 heterocycles. The van der Waals surface area contributed by atoms with Gasteiger partial charge in [-0.3, -0.25) is 4.79 Å². The smallest absolute Gasteiger partial charge is 0.343 e. The summed E-state index contributed by atoms with van der Waals surface area (Å²) in [5, 5.41) is 0. The molecule has 0 unspecified atom stereocenters. The summed E-state index contributed by atoms with van der Waals surface area (Å²) in [7, 11) is 3.02. The van der Waals surface area contributed by atoms with Crippen LogP contribution in [0.3, 0.4) is 0 Å². The summed E-state index contributed by atoms with van der Waals surface area (Å²) in [6.45, 7) is 0. The maximum Gasteiger partial charge on any atom is 0.343 e. The minimum absolute atomic E-state index is 0.0988. The predicted molar refractivity (Wildman–Crippen MR) is 111 cm³/mol. The van der Waals surface area contributed by atoms with Crippen molar-refractivity contribution in [3.63, 3.8) is 0 Å². The Labute approximate surface area is 169 Å². The first-order valence-corrected chi connectivity index (χ1v) is 8.92. The van der Waals surface area contributed by atoms with Crippen LogP contribution in [0.25, 0.3) is 6.08 Å². The molecule has 0 radical (unpaired) electrons. The highest BCUT2D eigenvalue weighted by Crippen LogP contribution is 2.28. The van der Waals surface area contributed by atoms with E-state index in [9.17, 15) is 9.59 Å². The van der Waals surface area contributed by atoms with Crippen molar-refractivity contribution in [2.75, 3.05) is 14.2 Å². The van der Waals surface area contributed by atoms with E-state index >= 15 is 0 Å². The van der Waals surface area contributed by atoms with E-state index in [1.54, 1.807) is 54.6 Å². The first-order valence-electron chi connectivity index (χ1n) is 8.92. The van der Waals surface area contributed by atoms with Crippen LogP contribution in [0.1, 0.15) is 26.3 Å². The molecule has 5 nitrogen and oxygen atoms in total. The first-order chi connectivity index (χ1) is 14.1. The minimum Gasteiger partial charge on any atom is -0.493 e. The lowest BCUT2D eigenvalue weighted by Crippen LogP contribution is -2.09. The molecule has 3 aromatic carbocycles. The molecule has 0 fully saturated rings. The van der Waals surface area contributed by atoms with Gasteiger partial charge in [0.15, 0.2) is 17.3 Å². The molecular weight excluding hydrogens is 368 g/mol. The zero-order valence-corrected chi connectivity index (χ0v) is 16.1. The number of rotatable bonds is 7. The molecular formula is C24H20O5. The second-order valence-corrected chi connectivity index (χ2v) is 6.10. The van der Waals surface area contributed by atoms with E-state index in [1.807, 2.05) is 24.3 Å². The molecule has 0 aliphatic carbocycles. The van der Waals surface area contributed by atoms with E-state index in [0.717, 1.165) is 5.56 Å². The highest BCUT2D eigenvalue weighted by molar-refractivity contribution is 6.06. The number of hydrogen-bond donors (Lipinski definition) is 0. The number of ketones is 1. The number of esters is 1. The quantitative estimate of drug-likeness (QED) is 0.251. The van der Waals surface area contributed by atoms with Crippen LogP contribution < -0.4 is 14.2 Å². The van der Waals surface area contributed by atoms with Crippen LogP contribution in [0.2, 0.25) is 0 Å². The van der Waals surface area contributed by atoms with Crippen LogP contribution in [0.4, 0.5) is 0 Å². The van der Waals surface area contributed by atoms with Crippen LogP contribution in [-0.4, -0.2) is 26.0 Å². The van der Waals surface area contributed by atoms with Crippen molar-refractivity contribution in [2.45, 2.75) is 0 Å². The fourth-order valence-electron chi connectivity index (χ4n) is 2.68. The van der Waals surface area contributed by atoms with Crippen LogP contribution in [0.15, 0.2) is 78.9 Å². The third-order valence-corrected chi connectivity index (χ3v) is 4.17. The summed E-state index contributed by atoms with van der Waals surface area (Å²) in [4.78, 5) is 24.6. The molecule has 0 atom stereocenters. The molecule has 0 amide bonds. The third-order valence-electron chi connectivity index (χ3n) is 4.17. The van der Waals surface area contributed by atoms with Crippen molar-refractivity contribution < 1.29 is 23.8 Å². The molecule has 0 aliphatic rings. The Balaban J connectivity index is 1.72. The van der Waals surface area contributed by atoms with Crippen LogP contribution in [0.5, 0.6) is 17.2 Å². The number of methoxy groups -OCH3 is 2. The highest BCUT2D eigenvalue weighted by atomic mass is 16.5. The van der Waals surface area contributed by atoms with Gasteiger partial charge in [-0.15, -0.1) is 0 Å². The van der Waals surface area contributed by atoms with E-state index in [4.69, 9.17) is 14.2 Å². The minimum atomic E-state index is -0.521. The number of allylic oxidation sites excluding steroid dienone is 1. The number of carbonyl (C=O) groups excluding carboxylic acids is 2. The lowest BCUT2D eigenvalue weighted by atomic mass is 10.1. The summed E-state index contributed by atoms with van der Waals surface area (Å²) in [6.07, 6.45) is 3.17. The van der Waals surface area contributed by atoms with Crippen molar-refractivity contribution in [3.8, 4) is 17.2 Å². The Morgan fingerprint density at radius 3 is 2.24 bits per heavy atom. The maximum atomic E-state index is 12.5. The second-order valence-electron chi connectivity index (χ2n) is 6.10. The fourth-order valence-corrected chi connectivity index (χ4v) is 2.68. The van der Waals surface area contributed by atoms with Crippen molar-refractivity contribution in [2.24, 2.45) is 0 Å². The Bertz CT molecular complexity index is 1040. The Kier molecular flexibility index (Phi) is 6.43. The monoisotopic (exact) mass is 388 g/mol. The van der Waals surface area contributed by atoms with Gasteiger partial charge in [0.2, 0.25) is 0 Å². The van der Waals surface area contributed by atoms with Crippen molar-refractivity contribution in [1.29, 1.82) is 0 Å². The Morgan fingerprint density at radius 2 is 1.52 bits per heavy atom. The van der Waals surface area contributed by atoms with Crippen molar-refractivity contribution >= 4 is 17.8 Å². The molecule has 0 aromatic heterocycles. The molecule has 0 saturated heterocycles. The predicted octanol–water partition coefficient (Wildman–Crippen LogP) is 4.82. The molecule has 146 valence electrons. The summed E-state index contributed by atoms with van der Waals surface area (Å²) in [6, 6.07) is 20.7. The maximum absolute atomic E-state index is 12.5. The second kappa shape index (κ2) is 9.37. The van der Waals surface area contributed by atoms with Gasteiger partial charge in [0.05, 0.1) is 19.8 Å². The van der Waals surface area contributed by atoms with Gasteiger partial charge >= 0.3 is 5.97 Å².